The maximum Gasteiger partial charge on any atom is 0.433 e. The van der Waals surface area contributed by atoms with Crippen LogP contribution in [0.5, 0.6) is 0 Å². The molecule has 12 heteroatoms. The summed E-state index contributed by atoms with van der Waals surface area (Å²) >= 11 is 0. The summed E-state index contributed by atoms with van der Waals surface area (Å²) in [6, 6.07) is 7.81. The smallest absolute Gasteiger partial charge is 0.351 e. The summed E-state index contributed by atoms with van der Waals surface area (Å²) in [5.41, 5.74) is 5.16. The second-order valence-corrected chi connectivity index (χ2v) is 8.32. The third-order valence-electron chi connectivity index (χ3n) is 6.12. The largest absolute Gasteiger partial charge is 0.433 e. The molecule has 34 heavy (non-hydrogen) atoms. The Morgan fingerprint density at radius 3 is 2.53 bits per heavy atom. The molecule has 0 unspecified atom stereocenters. The number of carbonyl (C=O) groups excluding carboxylic acids is 3. The Labute approximate surface area is 190 Å². The standard InChI is InChI=1S/C22H19F3N6O3/c23-22(24,25)17-6-3-7-18(28-17)29-19(32)16-9-11-8-15(11)31(16)21(34)27-13-10-30(20(26)33)14-5-2-1-4-12(13)14/h1-7,10-11,15-16H,8-9H2,(H2,26,33)(H,27,34)(H,28,29,32)/t11-,15-,16-/m0/s1. The minimum Gasteiger partial charge on any atom is -0.351 e. The van der Waals surface area contributed by atoms with Gasteiger partial charge >= 0.3 is 18.2 Å². The van der Waals surface area contributed by atoms with Gasteiger partial charge in [0, 0.05) is 17.6 Å². The lowest BCUT2D eigenvalue weighted by Crippen LogP contribution is -2.47. The first-order chi connectivity index (χ1) is 16.1. The number of alkyl halides is 3. The molecular weight excluding hydrogens is 453 g/mol. The van der Waals surface area contributed by atoms with Crippen molar-refractivity contribution in [1.82, 2.24) is 14.5 Å². The van der Waals surface area contributed by atoms with Crippen LogP contribution in [0.15, 0.2) is 48.7 Å². The summed E-state index contributed by atoms with van der Waals surface area (Å²) in [5.74, 6) is -0.720. The van der Waals surface area contributed by atoms with Crippen LogP contribution in [0, 0.1) is 5.92 Å². The number of benzene rings is 1. The molecule has 1 aliphatic carbocycles. The van der Waals surface area contributed by atoms with Crippen LogP contribution in [-0.4, -0.2) is 44.5 Å². The van der Waals surface area contributed by atoms with E-state index in [9.17, 15) is 27.6 Å². The number of nitrogens with two attached hydrogens (primary N) is 1. The van der Waals surface area contributed by atoms with E-state index in [4.69, 9.17) is 5.73 Å². The number of piperidine rings is 1. The quantitative estimate of drug-likeness (QED) is 0.539. The number of urea groups is 1. The topological polar surface area (TPSA) is 122 Å². The molecular formula is C22H19F3N6O3. The predicted octanol–water partition coefficient (Wildman–Crippen LogP) is 3.62. The van der Waals surface area contributed by atoms with E-state index >= 15 is 0 Å². The Kier molecular flexibility index (Phi) is 4.95. The molecule has 1 aliphatic heterocycles. The normalized spacial score (nSPS) is 21.3. The highest BCUT2D eigenvalue weighted by molar-refractivity contribution is 6.06. The molecule has 1 saturated heterocycles. The SMILES string of the molecule is NC(=O)n1cc(NC(=O)N2[C@H](C(=O)Nc3cccc(C(F)(F)F)n3)C[C@@H]3C[C@@H]32)c2ccccc21. The van der Waals surface area contributed by atoms with Crippen molar-refractivity contribution in [3.8, 4) is 0 Å². The molecule has 2 aromatic heterocycles. The zero-order chi connectivity index (χ0) is 24.2. The van der Waals surface area contributed by atoms with Crippen LogP contribution in [0.3, 0.4) is 0 Å². The van der Waals surface area contributed by atoms with Crippen molar-refractivity contribution in [1.29, 1.82) is 0 Å². The third-order valence-corrected chi connectivity index (χ3v) is 6.12. The lowest BCUT2D eigenvalue weighted by atomic mass is 10.1. The van der Waals surface area contributed by atoms with Gasteiger partial charge in [0.15, 0.2) is 0 Å². The molecule has 1 aromatic carbocycles. The minimum atomic E-state index is -4.65. The molecule has 0 bridgehead atoms. The summed E-state index contributed by atoms with van der Waals surface area (Å²) in [4.78, 5) is 42.7. The van der Waals surface area contributed by atoms with Crippen molar-refractivity contribution < 1.29 is 27.6 Å². The molecule has 2 fully saturated rings. The molecule has 3 atom stereocenters. The number of likely N-dealkylation sites (tertiary alicyclic amines) is 1. The molecule has 3 heterocycles. The van der Waals surface area contributed by atoms with Gasteiger partial charge in [-0.2, -0.15) is 13.2 Å². The van der Waals surface area contributed by atoms with E-state index in [0.717, 1.165) is 18.6 Å². The van der Waals surface area contributed by atoms with Crippen LogP contribution in [0.1, 0.15) is 18.5 Å². The molecule has 3 aromatic rings. The lowest BCUT2D eigenvalue weighted by molar-refractivity contribution is -0.141. The number of carbonyl (C=O) groups is 3. The molecule has 9 nitrogen and oxygen atoms in total. The van der Waals surface area contributed by atoms with Gasteiger partial charge in [-0.05, 0) is 37.0 Å². The Hall–Kier alpha value is -4.09. The maximum absolute atomic E-state index is 13.2. The number of rotatable bonds is 3. The summed E-state index contributed by atoms with van der Waals surface area (Å²) in [6.07, 6.45) is -2.10. The summed E-state index contributed by atoms with van der Waals surface area (Å²) in [5, 5.41) is 5.74. The van der Waals surface area contributed by atoms with Crippen LogP contribution >= 0.6 is 0 Å². The lowest BCUT2D eigenvalue weighted by Gasteiger charge is -2.26. The van der Waals surface area contributed by atoms with Crippen molar-refractivity contribution in [3.63, 3.8) is 0 Å². The number of fused-ring (bicyclic) bond motifs is 2. The molecule has 2 aliphatic rings. The van der Waals surface area contributed by atoms with Gasteiger partial charge in [-0.15, -0.1) is 0 Å². The van der Waals surface area contributed by atoms with Gasteiger partial charge in [0.1, 0.15) is 17.6 Å². The predicted molar refractivity (Wildman–Crippen MR) is 116 cm³/mol. The average molecular weight is 472 g/mol. The fourth-order valence-corrected chi connectivity index (χ4v) is 4.50. The van der Waals surface area contributed by atoms with Crippen molar-refractivity contribution >= 4 is 40.4 Å². The molecule has 0 radical (unpaired) electrons. The number of anilines is 2. The first kappa shape index (κ1) is 21.7. The van der Waals surface area contributed by atoms with Gasteiger partial charge in [0.25, 0.3) is 0 Å². The Bertz CT molecular complexity index is 1320. The number of amides is 4. The minimum absolute atomic E-state index is 0.142. The summed E-state index contributed by atoms with van der Waals surface area (Å²) in [7, 11) is 0. The second kappa shape index (κ2) is 7.75. The molecule has 176 valence electrons. The van der Waals surface area contributed by atoms with Crippen LogP contribution in [0.4, 0.5) is 34.3 Å². The molecule has 1 saturated carbocycles. The van der Waals surface area contributed by atoms with Crippen molar-refractivity contribution in [2.75, 3.05) is 10.6 Å². The molecule has 4 amide bonds. The molecule has 5 rings (SSSR count). The first-order valence-electron chi connectivity index (χ1n) is 10.5. The van der Waals surface area contributed by atoms with Gasteiger partial charge in [0.05, 0.1) is 11.2 Å². The van der Waals surface area contributed by atoms with Gasteiger partial charge in [-0.1, -0.05) is 24.3 Å². The maximum atomic E-state index is 13.2. The highest BCUT2D eigenvalue weighted by Crippen LogP contribution is 2.48. The highest BCUT2D eigenvalue weighted by Gasteiger charge is 2.56. The average Bonchev–Trinajstić information content (AvgIpc) is 3.29. The van der Waals surface area contributed by atoms with E-state index in [2.05, 4.69) is 15.6 Å². The van der Waals surface area contributed by atoms with E-state index in [-0.39, 0.29) is 17.8 Å². The van der Waals surface area contributed by atoms with Crippen LogP contribution < -0.4 is 16.4 Å². The van der Waals surface area contributed by atoms with Crippen molar-refractivity contribution in [3.05, 3.63) is 54.4 Å². The van der Waals surface area contributed by atoms with Gasteiger partial charge < -0.3 is 21.3 Å². The molecule has 4 N–H and O–H groups in total. The zero-order valence-electron chi connectivity index (χ0n) is 17.5. The molecule has 0 spiro atoms. The van der Waals surface area contributed by atoms with Crippen molar-refractivity contribution in [2.45, 2.75) is 31.1 Å². The number of halogens is 3. The number of hydrogen-bond acceptors (Lipinski definition) is 4. The van der Waals surface area contributed by atoms with E-state index in [0.29, 0.717) is 23.0 Å². The Morgan fingerprint density at radius 1 is 1.03 bits per heavy atom. The van der Waals surface area contributed by atoms with E-state index in [1.165, 1.54) is 21.7 Å². The van der Waals surface area contributed by atoms with E-state index < -0.39 is 35.9 Å². The van der Waals surface area contributed by atoms with Crippen LogP contribution in [-0.2, 0) is 11.0 Å². The number of primary amides is 1. The number of nitrogens with one attached hydrogen (secondary N) is 2. The summed E-state index contributed by atoms with van der Waals surface area (Å²) in [6.45, 7) is 0. The van der Waals surface area contributed by atoms with E-state index in [1.807, 2.05) is 0 Å². The number of hydrogen-bond donors (Lipinski definition) is 3. The zero-order valence-corrected chi connectivity index (χ0v) is 17.5. The fraction of sp³-hybridized carbons (Fsp3) is 0.273. The van der Waals surface area contributed by atoms with Crippen molar-refractivity contribution in [2.24, 2.45) is 11.7 Å². The van der Waals surface area contributed by atoms with Gasteiger partial charge in [-0.3, -0.25) is 9.36 Å². The van der Waals surface area contributed by atoms with Gasteiger partial charge in [-0.25, -0.2) is 14.6 Å². The van der Waals surface area contributed by atoms with Crippen LogP contribution in [0.25, 0.3) is 10.9 Å². The monoisotopic (exact) mass is 472 g/mol. The third kappa shape index (κ3) is 3.80. The summed E-state index contributed by atoms with van der Waals surface area (Å²) < 4.78 is 40.0. The number of pyridine rings is 1. The number of nitrogens with zero attached hydrogens (tertiary/aromatic N) is 3. The Morgan fingerprint density at radius 2 is 1.79 bits per heavy atom. The fourth-order valence-electron chi connectivity index (χ4n) is 4.50. The number of aromatic nitrogens is 2. The van der Waals surface area contributed by atoms with Crippen LogP contribution in [0.2, 0.25) is 0 Å². The number of para-hydroxylation sites is 1. The highest BCUT2D eigenvalue weighted by atomic mass is 19.4. The van der Waals surface area contributed by atoms with Gasteiger partial charge in [0.2, 0.25) is 5.91 Å². The van der Waals surface area contributed by atoms with E-state index in [1.54, 1.807) is 24.3 Å². The Balaban J connectivity index is 1.36. The first-order valence-corrected chi connectivity index (χ1v) is 10.5. The second-order valence-electron chi connectivity index (χ2n) is 8.32.